The molecule has 1 aromatic heterocycles. The van der Waals surface area contributed by atoms with Gasteiger partial charge in [0.2, 0.25) is 0 Å². The zero-order valence-corrected chi connectivity index (χ0v) is 23.0. The number of carbonyl (C=O) groups is 1. The predicted octanol–water partition coefficient (Wildman–Crippen LogP) is 5.65. The molecular weight excluding hydrogens is 464 g/mol. The average Bonchev–Trinajstić information content (AvgIpc) is 3.44. The van der Waals surface area contributed by atoms with Gasteiger partial charge in [0, 0.05) is 19.2 Å². The van der Waals surface area contributed by atoms with Crippen LogP contribution < -0.4 is 4.74 Å². The second-order valence-electron chi connectivity index (χ2n) is 13.4. The van der Waals surface area contributed by atoms with E-state index in [0.29, 0.717) is 36.0 Å². The number of carbonyl (C=O) groups excluding carboxylic acids is 1. The van der Waals surface area contributed by atoms with Crippen LogP contribution in [0.2, 0.25) is 0 Å². The van der Waals surface area contributed by atoms with Gasteiger partial charge in [-0.1, -0.05) is 13.0 Å². The summed E-state index contributed by atoms with van der Waals surface area (Å²) in [5.74, 6) is 3.72. The Hall–Kier alpha value is -1.92. The lowest BCUT2D eigenvalue weighted by molar-refractivity contribution is -0.175. The Balaban J connectivity index is 1.22. The van der Waals surface area contributed by atoms with E-state index in [9.17, 15) is 9.90 Å². The molecule has 0 radical (unpaired) electrons. The Morgan fingerprint density at radius 1 is 1.08 bits per heavy atom. The van der Waals surface area contributed by atoms with Gasteiger partial charge in [0.15, 0.2) is 5.78 Å². The summed E-state index contributed by atoms with van der Waals surface area (Å²) in [6.45, 7) is 5.60. The van der Waals surface area contributed by atoms with Gasteiger partial charge in [-0.25, -0.2) is 0 Å². The first kappa shape index (κ1) is 25.4. The Kier molecular flexibility index (Phi) is 6.23. The van der Waals surface area contributed by atoms with E-state index in [1.165, 1.54) is 19.3 Å². The van der Waals surface area contributed by atoms with Crippen molar-refractivity contribution < 1.29 is 19.4 Å². The maximum Gasteiger partial charge on any atom is 0.157 e. The molecule has 8 atom stereocenters. The molecule has 0 bridgehead atoms. The molecule has 0 amide bonds. The number of methoxy groups -OCH3 is 2. The lowest BCUT2D eigenvalue weighted by Crippen LogP contribution is -2.58. The molecule has 0 unspecified atom stereocenters. The van der Waals surface area contributed by atoms with Crippen molar-refractivity contribution in [2.45, 2.75) is 83.8 Å². The van der Waals surface area contributed by atoms with Crippen LogP contribution in [-0.2, 0) is 16.1 Å². The number of Topliss-reactive ketones (excluding diaryl/α,β-unsaturated/α-hetero) is 1. The van der Waals surface area contributed by atoms with Gasteiger partial charge >= 0.3 is 0 Å². The Morgan fingerprint density at radius 3 is 2.70 bits per heavy atom. The SMILES string of the molecule is COC[C@]12CC[C@@](C)(O)C[C@@H]1CC[C@H]1[C@@H]3CC[C@H](C(=O)Cn4cc5c(OC)cccc5n4)[C@@]3(C)CC[C@@H]12. The topological polar surface area (TPSA) is 73.6 Å². The van der Waals surface area contributed by atoms with E-state index < -0.39 is 5.60 Å². The van der Waals surface area contributed by atoms with Gasteiger partial charge in [-0.15, -0.1) is 0 Å². The first-order chi connectivity index (χ1) is 17.7. The number of aliphatic hydroxyl groups is 1. The minimum Gasteiger partial charge on any atom is -0.496 e. The number of ether oxygens (including phenoxy) is 2. The van der Waals surface area contributed by atoms with E-state index >= 15 is 0 Å². The minimum atomic E-state index is -0.538. The van der Waals surface area contributed by atoms with Crippen molar-refractivity contribution in [3.05, 3.63) is 24.4 Å². The lowest BCUT2D eigenvalue weighted by Gasteiger charge is -2.62. The quantitative estimate of drug-likeness (QED) is 0.546. The molecule has 6 heteroatoms. The molecule has 4 aliphatic rings. The summed E-state index contributed by atoms with van der Waals surface area (Å²) in [7, 11) is 3.53. The molecule has 4 aliphatic carbocycles. The second kappa shape index (κ2) is 9.08. The zero-order valence-electron chi connectivity index (χ0n) is 23.0. The molecule has 2 aromatic rings. The first-order valence-electron chi connectivity index (χ1n) is 14.4. The summed E-state index contributed by atoms with van der Waals surface area (Å²) >= 11 is 0. The highest BCUT2D eigenvalue weighted by molar-refractivity contribution is 5.86. The van der Waals surface area contributed by atoms with Gasteiger partial charge in [0.1, 0.15) is 5.75 Å². The van der Waals surface area contributed by atoms with Crippen molar-refractivity contribution in [3.8, 4) is 5.75 Å². The summed E-state index contributed by atoms with van der Waals surface area (Å²) in [6.07, 6.45) is 11.7. The van der Waals surface area contributed by atoms with Crippen LogP contribution in [0.25, 0.3) is 10.9 Å². The third kappa shape index (κ3) is 3.96. The summed E-state index contributed by atoms with van der Waals surface area (Å²) < 4.78 is 13.2. The summed E-state index contributed by atoms with van der Waals surface area (Å²) in [5.41, 5.74) is 0.598. The second-order valence-corrected chi connectivity index (χ2v) is 13.4. The standard InChI is InChI=1S/C31H44N2O4/c1-29(35)14-15-31(19-36-3)20(16-29)8-9-21-23-10-11-25(30(23,2)13-12-24(21)31)27(34)18-33-17-22-26(32-33)6-5-7-28(22)37-4/h5-7,17,20-21,23-25,35H,8-16,18-19H2,1-4H3/t20-,21-,23-,24-,25+,29+,30-,31+/m0/s1. The smallest absolute Gasteiger partial charge is 0.157 e. The molecule has 37 heavy (non-hydrogen) atoms. The van der Waals surface area contributed by atoms with Crippen LogP contribution in [0.1, 0.15) is 71.6 Å². The molecule has 0 aliphatic heterocycles. The van der Waals surface area contributed by atoms with Crippen molar-refractivity contribution in [2.24, 2.45) is 40.4 Å². The molecule has 202 valence electrons. The monoisotopic (exact) mass is 508 g/mol. The van der Waals surface area contributed by atoms with E-state index in [1.54, 1.807) is 7.11 Å². The molecule has 1 aromatic carbocycles. The molecule has 4 fully saturated rings. The number of hydrogen-bond acceptors (Lipinski definition) is 5. The predicted molar refractivity (Wildman–Crippen MR) is 143 cm³/mol. The maximum absolute atomic E-state index is 13.8. The Morgan fingerprint density at radius 2 is 1.92 bits per heavy atom. The summed E-state index contributed by atoms with van der Waals surface area (Å²) in [4.78, 5) is 13.8. The van der Waals surface area contributed by atoms with Crippen molar-refractivity contribution in [1.82, 2.24) is 9.78 Å². The minimum absolute atomic E-state index is 0.0732. The van der Waals surface area contributed by atoms with Crippen LogP contribution in [0.5, 0.6) is 5.75 Å². The number of benzene rings is 1. The number of nitrogens with zero attached hydrogens (tertiary/aromatic N) is 2. The van der Waals surface area contributed by atoms with Crippen molar-refractivity contribution >= 4 is 16.7 Å². The molecule has 1 N–H and O–H groups in total. The molecule has 6 nitrogen and oxygen atoms in total. The summed E-state index contributed by atoms with van der Waals surface area (Å²) in [6, 6.07) is 5.86. The normalized spacial score (nSPS) is 41.2. The molecule has 1 heterocycles. The molecule has 6 rings (SSSR count). The van der Waals surface area contributed by atoms with E-state index in [0.717, 1.165) is 61.8 Å². The molecular formula is C31H44N2O4. The van der Waals surface area contributed by atoms with Gasteiger partial charge in [0.05, 0.1) is 36.8 Å². The molecule has 0 saturated heterocycles. The maximum atomic E-state index is 13.8. The summed E-state index contributed by atoms with van der Waals surface area (Å²) in [5, 5.41) is 16.5. The number of fused-ring (bicyclic) bond motifs is 6. The van der Waals surface area contributed by atoms with Gasteiger partial charge in [-0.05, 0) is 111 Å². The van der Waals surface area contributed by atoms with Gasteiger partial charge in [0.25, 0.3) is 0 Å². The highest BCUT2D eigenvalue weighted by Gasteiger charge is 2.63. The Bertz CT molecular complexity index is 1170. The highest BCUT2D eigenvalue weighted by atomic mass is 16.5. The van der Waals surface area contributed by atoms with Crippen molar-refractivity contribution in [1.29, 1.82) is 0 Å². The van der Waals surface area contributed by atoms with Crippen LogP contribution >= 0.6 is 0 Å². The third-order valence-electron chi connectivity index (χ3n) is 11.5. The fraction of sp³-hybridized carbons (Fsp3) is 0.742. The highest BCUT2D eigenvalue weighted by Crippen LogP contribution is 2.68. The van der Waals surface area contributed by atoms with Crippen LogP contribution in [0.4, 0.5) is 0 Å². The first-order valence-corrected chi connectivity index (χ1v) is 14.4. The number of aromatic nitrogens is 2. The zero-order chi connectivity index (χ0) is 26.0. The van der Waals surface area contributed by atoms with Gasteiger partial charge in [-0.3, -0.25) is 9.48 Å². The van der Waals surface area contributed by atoms with E-state index in [2.05, 4.69) is 6.92 Å². The van der Waals surface area contributed by atoms with Crippen LogP contribution in [-0.4, -0.2) is 47.1 Å². The Labute approximate surface area is 221 Å². The van der Waals surface area contributed by atoms with Crippen molar-refractivity contribution in [3.63, 3.8) is 0 Å². The fourth-order valence-electron chi connectivity index (χ4n) is 9.91. The van der Waals surface area contributed by atoms with Gasteiger partial charge in [-0.2, -0.15) is 5.10 Å². The number of rotatable bonds is 6. The molecule has 4 saturated carbocycles. The largest absolute Gasteiger partial charge is 0.496 e. The van der Waals surface area contributed by atoms with Crippen LogP contribution in [0.15, 0.2) is 24.4 Å². The number of hydrogen-bond donors (Lipinski definition) is 1. The molecule has 0 spiro atoms. The number of ketones is 1. The van der Waals surface area contributed by atoms with E-state index in [1.807, 2.05) is 43.1 Å². The van der Waals surface area contributed by atoms with E-state index in [-0.39, 0.29) is 16.7 Å². The average molecular weight is 509 g/mol. The van der Waals surface area contributed by atoms with Crippen LogP contribution in [0.3, 0.4) is 0 Å². The van der Waals surface area contributed by atoms with Gasteiger partial charge < -0.3 is 14.6 Å². The van der Waals surface area contributed by atoms with Crippen molar-refractivity contribution in [2.75, 3.05) is 20.8 Å². The van der Waals surface area contributed by atoms with E-state index in [4.69, 9.17) is 14.6 Å². The fourth-order valence-corrected chi connectivity index (χ4v) is 9.91. The third-order valence-corrected chi connectivity index (χ3v) is 11.5. The lowest BCUT2D eigenvalue weighted by atomic mass is 9.43. The van der Waals surface area contributed by atoms with Crippen LogP contribution in [0, 0.1) is 40.4 Å².